The predicted molar refractivity (Wildman–Crippen MR) is 90.1 cm³/mol. The maximum absolute atomic E-state index is 9.52. The van der Waals surface area contributed by atoms with Crippen LogP contribution in [0.3, 0.4) is 0 Å². The molecule has 0 aliphatic rings. The predicted octanol–water partition coefficient (Wildman–Crippen LogP) is 1.87. The van der Waals surface area contributed by atoms with Crippen LogP contribution >= 0.6 is 0 Å². The number of aryl methyl sites for hydroxylation is 1. The number of carboxylic acids is 1. The summed E-state index contributed by atoms with van der Waals surface area (Å²) in [6.07, 6.45) is 6.14. The summed E-state index contributed by atoms with van der Waals surface area (Å²) in [7, 11) is 0. The largest absolute Gasteiger partial charge is 0.521 e. The normalized spacial score (nSPS) is 8.04. The molecule has 0 unspecified atom stereocenters. The van der Waals surface area contributed by atoms with E-state index in [1.54, 1.807) is 6.20 Å². The van der Waals surface area contributed by atoms with Gasteiger partial charge in [-0.25, -0.2) is 0 Å². The molecule has 1 amide bonds. The van der Waals surface area contributed by atoms with Crippen molar-refractivity contribution in [1.29, 1.82) is 0 Å². The molecule has 2 rings (SSSR count). The van der Waals surface area contributed by atoms with Gasteiger partial charge in [0.15, 0.2) is 0 Å². The van der Waals surface area contributed by atoms with E-state index in [4.69, 9.17) is 5.11 Å². The summed E-state index contributed by atoms with van der Waals surface area (Å²) in [5, 5.41) is 9.65. The Morgan fingerprint density at radius 2 is 1.92 bits per heavy atom. The third-order valence-corrected chi connectivity index (χ3v) is 2.36. The third-order valence-electron chi connectivity index (χ3n) is 2.36. The molecule has 0 radical (unpaired) electrons. The maximum Gasteiger partial charge on any atom is 0.320 e. The first-order valence-electron chi connectivity index (χ1n) is 6.66. The molecule has 134 valence electrons. The number of hydrogen-bond acceptors (Lipinski definition) is 4. The van der Waals surface area contributed by atoms with Crippen LogP contribution in [0.5, 0.6) is 0 Å². The number of nitrogens with two attached hydrogens (primary N) is 1. The summed E-state index contributed by atoms with van der Waals surface area (Å²) >= 11 is 0. The molecule has 0 fully saturated rings. The molecular formula is C17H20FmN3O3-. The van der Waals surface area contributed by atoms with Crippen LogP contribution in [-0.2, 0) is 9.59 Å². The van der Waals surface area contributed by atoms with Crippen molar-refractivity contribution in [2.45, 2.75) is 6.92 Å². The molecule has 1 aromatic heterocycles. The van der Waals surface area contributed by atoms with E-state index in [1.165, 1.54) is 29.3 Å². The first-order chi connectivity index (χ1) is 11.0. The molecule has 7 heteroatoms. The number of carbonyl (C=O) groups excluding carboxylic acids is 1. The van der Waals surface area contributed by atoms with Gasteiger partial charge in [0.1, 0.15) is 0 Å². The number of pyridine rings is 1. The number of carbonyl (C=O) groups is 1. The first-order valence-corrected chi connectivity index (χ1v) is 6.66. The number of nitrogens with zero attached hydrogens (tertiary/aromatic N) is 1. The van der Waals surface area contributed by atoms with Gasteiger partial charge in [0.05, 0.1) is 6.54 Å². The van der Waals surface area contributed by atoms with Crippen LogP contribution < -0.4 is 11.1 Å². The van der Waals surface area contributed by atoms with Gasteiger partial charge in [0.25, 0.3) is 0 Å². The Bertz CT molecular complexity index is 590. The number of rotatable bonds is 4. The van der Waals surface area contributed by atoms with E-state index in [0.29, 0.717) is 0 Å². The van der Waals surface area contributed by atoms with Crippen molar-refractivity contribution in [1.82, 2.24) is 10.3 Å². The second-order valence-electron chi connectivity index (χ2n) is 4.19. The van der Waals surface area contributed by atoms with Gasteiger partial charge >= 0.3 is 5.97 Å². The molecule has 1 aromatic carbocycles. The zero-order valence-electron chi connectivity index (χ0n) is 13.2. The third kappa shape index (κ3) is 10.6. The van der Waals surface area contributed by atoms with Crippen molar-refractivity contribution in [2.75, 3.05) is 6.54 Å². The van der Waals surface area contributed by atoms with E-state index < -0.39 is 5.97 Å². The minimum atomic E-state index is -1.07. The van der Waals surface area contributed by atoms with Crippen LogP contribution in [0, 0.1) is 6.92 Å². The number of hydrogen-bond donors (Lipinski definition) is 3. The topological polar surface area (TPSA) is 105 Å². The zero-order chi connectivity index (χ0) is 17.5. The van der Waals surface area contributed by atoms with Crippen molar-refractivity contribution in [3.8, 4) is 11.1 Å². The van der Waals surface area contributed by atoms with E-state index in [1.807, 2.05) is 17.6 Å². The Morgan fingerprint density at radius 1 is 1.33 bits per heavy atom. The smallest absolute Gasteiger partial charge is 0.320 e. The zero-order valence-corrected chi connectivity index (χ0v) is 15.6. The maximum atomic E-state index is 9.52. The molecule has 0 spiro atoms. The number of benzene rings is 1. The van der Waals surface area contributed by atoms with Crippen LogP contribution in [0.15, 0.2) is 61.6 Å². The van der Waals surface area contributed by atoms with E-state index in [2.05, 4.69) is 54.6 Å². The fraction of sp³-hybridized carbons (Fsp3) is 0.118. The average Bonchev–Trinajstić information content (AvgIpc) is 2.56. The van der Waals surface area contributed by atoms with E-state index >= 15 is 0 Å². The van der Waals surface area contributed by atoms with Gasteiger partial charge in [-0.15, -0.1) is 0 Å². The fourth-order valence-electron chi connectivity index (χ4n) is 1.39. The van der Waals surface area contributed by atoms with Crippen LogP contribution in [0.4, 0.5) is 0 Å². The number of aromatic nitrogens is 1. The van der Waals surface area contributed by atoms with Gasteiger partial charge in [0, 0.05) is 12.4 Å². The van der Waals surface area contributed by atoms with Gasteiger partial charge in [-0.1, -0.05) is 42.5 Å². The Balaban J connectivity index is 0. The molecule has 0 saturated heterocycles. The fourth-order valence-corrected chi connectivity index (χ4v) is 1.39. The van der Waals surface area contributed by atoms with Crippen molar-refractivity contribution < 1.29 is 14.7 Å². The second-order valence-corrected chi connectivity index (χ2v) is 4.19. The Labute approximate surface area is 135 Å². The van der Waals surface area contributed by atoms with Crippen molar-refractivity contribution >= 4 is 12.4 Å². The summed E-state index contributed by atoms with van der Waals surface area (Å²) in [5.74, 6) is -1.07. The molecule has 0 aliphatic carbocycles. The first kappa shape index (κ1) is 22.1. The summed E-state index contributed by atoms with van der Waals surface area (Å²) in [6, 6.07) is 12.5. The van der Waals surface area contributed by atoms with Crippen molar-refractivity contribution in [3.63, 3.8) is 0 Å². The molecule has 0 aliphatic heterocycles. The minimum Gasteiger partial charge on any atom is -0.521 e. The van der Waals surface area contributed by atoms with E-state index in [0.717, 1.165) is 0 Å². The van der Waals surface area contributed by atoms with E-state index in [-0.39, 0.29) is 6.54 Å². The Hall–Kier alpha value is -4.15. The minimum absolute atomic E-state index is 0. The number of amides is 1. The number of aliphatic carboxylic acids is 1. The summed E-state index contributed by atoms with van der Waals surface area (Å²) in [4.78, 5) is 22.8. The molecular weight excluding hydrogens is 551 g/mol. The van der Waals surface area contributed by atoms with Gasteiger partial charge < -0.3 is 21.0 Å². The number of nitrogens with one attached hydrogen (secondary N) is 1. The molecule has 4 N–H and O–H groups in total. The summed E-state index contributed by atoms with van der Waals surface area (Å²) < 4.78 is 0. The molecule has 0 atom stereocenters. The van der Waals surface area contributed by atoms with Gasteiger partial charge in [-0.2, -0.15) is 6.41 Å². The standard InChI is InChI=1S/C12H11N.C3H4NO3.C2H5N.Fm/c1-10-4-6-11(7-5-10)12-3-2-8-13-9-12;5-2-4-1-3(6)7;1-2-3;/h2-9H,1H3;1H2,(H,4,5)(H,6,7);2H,1,3H2;/q;-1;;. The van der Waals surface area contributed by atoms with Gasteiger partial charge in [-0.3, -0.25) is 9.78 Å². The molecule has 24 heavy (non-hydrogen) atoms. The van der Waals surface area contributed by atoms with Crippen LogP contribution in [0.2, 0.25) is 0 Å². The number of carboxylic acid groups (broad SMARTS) is 1. The van der Waals surface area contributed by atoms with Crippen molar-refractivity contribution in [3.05, 3.63) is 67.1 Å². The quantitative estimate of drug-likeness (QED) is 0.384. The Kier molecular flexibility index (Phi) is 12.7. The van der Waals surface area contributed by atoms with Gasteiger partial charge in [-0.05, 0) is 30.3 Å². The SMILES string of the molecule is C=CN.Cc1ccc(-c2cccnc2)cc1.O=[C-]NCC(=O)O.[Fm]. The molecule has 0 saturated carbocycles. The van der Waals surface area contributed by atoms with Crippen LogP contribution in [0.1, 0.15) is 5.56 Å². The molecule has 6 nitrogen and oxygen atoms in total. The van der Waals surface area contributed by atoms with Crippen molar-refractivity contribution in [2.24, 2.45) is 5.73 Å². The Morgan fingerprint density at radius 3 is 2.29 bits per heavy atom. The second kappa shape index (κ2) is 13.8. The summed E-state index contributed by atoms with van der Waals surface area (Å²) in [5.41, 5.74) is 8.29. The van der Waals surface area contributed by atoms with Gasteiger partial charge in [0.2, 0.25) is 0 Å². The molecule has 1 heterocycles. The van der Waals surface area contributed by atoms with Crippen LogP contribution in [0.25, 0.3) is 11.1 Å². The van der Waals surface area contributed by atoms with E-state index in [9.17, 15) is 9.59 Å². The van der Waals surface area contributed by atoms with Crippen LogP contribution in [-0.4, -0.2) is 29.0 Å². The molecule has 2 aromatic rings. The molecule has 0 bridgehead atoms. The average molecular weight is 571 g/mol. The monoisotopic (exact) mass is 571 g/mol. The summed E-state index contributed by atoms with van der Waals surface area (Å²) in [6.45, 7) is 4.87.